The molecule has 1 rings (SSSR count). The Hall–Kier alpha value is -1.41. The molecule has 1 aromatic rings. The van der Waals surface area contributed by atoms with Crippen molar-refractivity contribution in [1.29, 1.82) is 10.0 Å². The highest BCUT2D eigenvalue weighted by molar-refractivity contribution is 7.91. The van der Waals surface area contributed by atoms with Crippen molar-refractivity contribution in [1.82, 2.24) is 4.98 Å². The molecule has 0 radical (unpaired) electrons. The highest BCUT2D eigenvalue weighted by Gasteiger charge is 2.03. The molecule has 1 heterocycles. The smallest absolute Gasteiger partial charge is 0.135 e. The zero-order valence-electron chi connectivity index (χ0n) is 6.44. The third-order valence-electron chi connectivity index (χ3n) is 1.26. The Morgan fingerprint density at radius 2 is 2.33 bits per heavy atom. The van der Waals surface area contributed by atoms with E-state index in [1.807, 2.05) is 6.07 Å². The van der Waals surface area contributed by atoms with Crippen LogP contribution in [0.1, 0.15) is 5.56 Å². The van der Waals surface area contributed by atoms with Crippen LogP contribution >= 0.6 is 0 Å². The molecule has 1 atom stereocenters. The molecule has 5 heteroatoms. The van der Waals surface area contributed by atoms with E-state index in [9.17, 15) is 4.21 Å². The maximum atomic E-state index is 11.1. The zero-order chi connectivity index (χ0) is 9.19. The number of hydrogen-bond donors (Lipinski definition) is 1. The van der Waals surface area contributed by atoms with Crippen LogP contribution in [0.3, 0.4) is 0 Å². The lowest BCUT2D eigenvalue weighted by Crippen LogP contribution is -1.97. The molecule has 1 N–H and O–H groups in total. The van der Waals surface area contributed by atoms with Crippen LogP contribution < -0.4 is 0 Å². The number of hydrogen-bond acceptors (Lipinski definition) is 4. The van der Waals surface area contributed by atoms with Crippen LogP contribution in [0.2, 0.25) is 0 Å². The summed E-state index contributed by atoms with van der Waals surface area (Å²) in [6.45, 7) is 0. The van der Waals surface area contributed by atoms with E-state index in [0.717, 1.165) is 0 Å². The number of aromatic nitrogens is 1. The molecule has 0 fully saturated rings. The normalized spacial score (nSPS) is 14.7. The molecule has 4 nitrogen and oxygen atoms in total. The van der Waals surface area contributed by atoms with Gasteiger partial charge in [-0.1, -0.05) is 0 Å². The van der Waals surface area contributed by atoms with E-state index >= 15 is 0 Å². The fourth-order valence-electron chi connectivity index (χ4n) is 0.677. The summed E-state index contributed by atoms with van der Waals surface area (Å²) < 4.78 is 18.3. The molecule has 0 aliphatic heterocycles. The van der Waals surface area contributed by atoms with E-state index in [0.29, 0.717) is 5.56 Å². The molecule has 0 aromatic carbocycles. The quantitative estimate of drug-likeness (QED) is 0.701. The molecule has 0 aliphatic carbocycles. The molecule has 0 amide bonds. The van der Waals surface area contributed by atoms with Crippen molar-refractivity contribution in [3.63, 3.8) is 0 Å². The van der Waals surface area contributed by atoms with Crippen molar-refractivity contribution >= 4 is 9.73 Å². The summed E-state index contributed by atoms with van der Waals surface area (Å²) in [5.41, 5.74) is 0.405. The lowest BCUT2D eigenvalue weighted by molar-refractivity contribution is 0.676. The summed E-state index contributed by atoms with van der Waals surface area (Å²) in [6.07, 6.45) is 2.61. The second-order valence-electron chi connectivity index (χ2n) is 2.34. The minimum absolute atomic E-state index is 0.210. The number of pyridine rings is 1. The molecular formula is C7H7N3OS. The van der Waals surface area contributed by atoms with E-state index in [-0.39, 0.29) is 5.03 Å². The minimum atomic E-state index is -2.75. The molecular weight excluding hydrogens is 174 g/mol. The SMILES string of the molecule is CS(=N)(=O)c1ccc(C#N)cn1. The number of nitrogens with one attached hydrogen (secondary N) is 1. The maximum Gasteiger partial charge on any atom is 0.135 e. The van der Waals surface area contributed by atoms with Crippen LogP contribution in [0, 0.1) is 16.1 Å². The zero-order valence-corrected chi connectivity index (χ0v) is 7.26. The van der Waals surface area contributed by atoms with Crippen LogP contribution in [-0.4, -0.2) is 15.4 Å². The highest BCUT2D eigenvalue weighted by atomic mass is 32.2. The summed E-state index contributed by atoms with van der Waals surface area (Å²) in [7, 11) is -2.75. The molecule has 0 saturated heterocycles. The van der Waals surface area contributed by atoms with Crippen molar-refractivity contribution in [2.45, 2.75) is 5.03 Å². The summed E-state index contributed by atoms with van der Waals surface area (Å²) in [6, 6.07) is 4.83. The first-order chi connectivity index (χ1) is 5.54. The van der Waals surface area contributed by atoms with Gasteiger partial charge >= 0.3 is 0 Å². The first-order valence-electron chi connectivity index (χ1n) is 3.14. The molecule has 1 unspecified atom stereocenters. The molecule has 0 aliphatic rings. The Balaban J connectivity index is 3.20. The van der Waals surface area contributed by atoms with Gasteiger partial charge in [-0.3, -0.25) is 0 Å². The fourth-order valence-corrected chi connectivity index (χ4v) is 1.26. The topological polar surface area (TPSA) is 77.6 Å². The highest BCUT2D eigenvalue weighted by Crippen LogP contribution is 2.05. The van der Waals surface area contributed by atoms with Crippen LogP contribution in [0.4, 0.5) is 0 Å². The second-order valence-corrected chi connectivity index (χ2v) is 4.45. The van der Waals surface area contributed by atoms with Crippen LogP contribution in [0.25, 0.3) is 0 Å². The van der Waals surface area contributed by atoms with Crippen molar-refractivity contribution in [3.05, 3.63) is 23.9 Å². The van der Waals surface area contributed by atoms with Crippen molar-refractivity contribution < 1.29 is 4.21 Å². The van der Waals surface area contributed by atoms with Gasteiger partial charge in [0.25, 0.3) is 0 Å². The van der Waals surface area contributed by atoms with Gasteiger partial charge in [0.1, 0.15) is 11.1 Å². The Labute approximate surface area is 70.8 Å². The van der Waals surface area contributed by atoms with Gasteiger partial charge in [-0.2, -0.15) is 5.26 Å². The van der Waals surface area contributed by atoms with E-state index in [1.54, 1.807) is 0 Å². The monoisotopic (exact) mass is 181 g/mol. The third kappa shape index (κ3) is 1.80. The van der Waals surface area contributed by atoms with Gasteiger partial charge < -0.3 is 0 Å². The largest absolute Gasteiger partial charge is 0.248 e. The summed E-state index contributed by atoms with van der Waals surface area (Å²) in [5.74, 6) is 0. The van der Waals surface area contributed by atoms with E-state index in [2.05, 4.69) is 4.98 Å². The molecule has 62 valence electrons. The number of rotatable bonds is 1. The lowest BCUT2D eigenvalue weighted by Gasteiger charge is -1.97. The van der Waals surface area contributed by atoms with Gasteiger partial charge in [-0.15, -0.1) is 0 Å². The Morgan fingerprint density at radius 3 is 2.67 bits per heavy atom. The Kier molecular flexibility index (Phi) is 2.11. The lowest BCUT2D eigenvalue weighted by atomic mass is 10.3. The second kappa shape index (κ2) is 2.91. The van der Waals surface area contributed by atoms with Gasteiger partial charge in [0.2, 0.25) is 0 Å². The Bertz CT molecular complexity index is 413. The maximum absolute atomic E-state index is 11.1. The predicted octanol–water partition coefficient (Wildman–Crippen LogP) is 0.989. The van der Waals surface area contributed by atoms with E-state index in [4.69, 9.17) is 10.0 Å². The van der Waals surface area contributed by atoms with Gasteiger partial charge in [0.05, 0.1) is 15.3 Å². The van der Waals surface area contributed by atoms with Gasteiger partial charge in [-0.25, -0.2) is 14.0 Å². The van der Waals surface area contributed by atoms with Gasteiger partial charge in [0, 0.05) is 12.5 Å². The summed E-state index contributed by atoms with van der Waals surface area (Å²) in [4.78, 5) is 3.74. The standard InChI is InChI=1S/C7H7N3OS/c1-12(9,11)7-3-2-6(4-8)5-10-7/h2-3,5,9H,1H3. The van der Waals surface area contributed by atoms with Gasteiger partial charge in [0.15, 0.2) is 0 Å². The number of nitrogens with zero attached hydrogens (tertiary/aromatic N) is 2. The fraction of sp³-hybridized carbons (Fsp3) is 0.143. The van der Waals surface area contributed by atoms with Crippen LogP contribution in [-0.2, 0) is 9.73 Å². The molecule has 0 bridgehead atoms. The van der Waals surface area contributed by atoms with Crippen LogP contribution in [0.15, 0.2) is 23.4 Å². The third-order valence-corrected chi connectivity index (χ3v) is 2.30. The summed E-state index contributed by atoms with van der Waals surface area (Å²) >= 11 is 0. The van der Waals surface area contributed by atoms with Crippen molar-refractivity contribution in [3.8, 4) is 6.07 Å². The van der Waals surface area contributed by atoms with E-state index in [1.165, 1.54) is 24.6 Å². The first-order valence-corrected chi connectivity index (χ1v) is 5.10. The van der Waals surface area contributed by atoms with E-state index < -0.39 is 9.73 Å². The van der Waals surface area contributed by atoms with Crippen molar-refractivity contribution in [2.24, 2.45) is 0 Å². The summed E-state index contributed by atoms with van der Waals surface area (Å²) in [5, 5.41) is 8.63. The molecule has 0 spiro atoms. The minimum Gasteiger partial charge on any atom is -0.248 e. The molecule has 0 saturated carbocycles. The predicted molar refractivity (Wildman–Crippen MR) is 44.0 cm³/mol. The van der Waals surface area contributed by atoms with Gasteiger partial charge in [-0.05, 0) is 12.1 Å². The average Bonchev–Trinajstić information content (AvgIpc) is 2.03. The molecule has 1 aromatic heterocycles. The first kappa shape index (κ1) is 8.68. The number of nitriles is 1. The average molecular weight is 181 g/mol. The van der Waals surface area contributed by atoms with Crippen molar-refractivity contribution in [2.75, 3.05) is 6.26 Å². The Morgan fingerprint density at radius 1 is 1.67 bits per heavy atom. The van der Waals surface area contributed by atoms with Crippen LogP contribution in [0.5, 0.6) is 0 Å². The molecule has 12 heavy (non-hydrogen) atoms.